The van der Waals surface area contributed by atoms with E-state index in [0.717, 1.165) is 28.3 Å². The summed E-state index contributed by atoms with van der Waals surface area (Å²) in [5, 5.41) is 9.81. The van der Waals surface area contributed by atoms with Crippen LogP contribution in [0.25, 0.3) is 0 Å². The van der Waals surface area contributed by atoms with E-state index in [1.54, 1.807) is 18.1 Å². The zero-order valence-electron chi connectivity index (χ0n) is 11.6. The molecular formula is C16H16N2O2S. The Balaban J connectivity index is 1.79. The fourth-order valence-corrected chi connectivity index (χ4v) is 3.48. The summed E-state index contributed by atoms with van der Waals surface area (Å²) in [6.07, 6.45) is 6.21. The van der Waals surface area contributed by atoms with E-state index >= 15 is 0 Å². The first kappa shape index (κ1) is 14.1. The molecular weight excluding hydrogens is 284 g/mol. The fourth-order valence-electron chi connectivity index (χ4n) is 2.54. The van der Waals surface area contributed by atoms with Crippen LogP contribution in [0.2, 0.25) is 0 Å². The highest BCUT2D eigenvalue weighted by atomic mass is 32.2. The van der Waals surface area contributed by atoms with Crippen molar-refractivity contribution in [2.24, 2.45) is 0 Å². The number of carbonyl (C=O) groups is 1. The molecule has 1 aliphatic rings. The second-order valence-electron chi connectivity index (χ2n) is 5.13. The van der Waals surface area contributed by atoms with Crippen molar-refractivity contribution in [3.05, 3.63) is 47.4 Å². The van der Waals surface area contributed by atoms with Gasteiger partial charge in [0, 0.05) is 16.2 Å². The van der Waals surface area contributed by atoms with Crippen molar-refractivity contribution >= 4 is 17.7 Å². The van der Waals surface area contributed by atoms with Crippen LogP contribution < -0.4 is 0 Å². The SMILES string of the molecule is O=C(O)Cc1ccc(Sc2ncnc3c2CCCC3)cc1. The molecule has 0 fully saturated rings. The predicted octanol–water partition coefficient (Wildman–Crippen LogP) is 3.13. The van der Waals surface area contributed by atoms with Crippen LogP contribution in [0.1, 0.15) is 29.7 Å². The van der Waals surface area contributed by atoms with Crippen molar-refractivity contribution in [1.29, 1.82) is 0 Å². The number of nitrogens with zero attached hydrogens (tertiary/aromatic N) is 2. The highest BCUT2D eigenvalue weighted by Gasteiger charge is 2.16. The van der Waals surface area contributed by atoms with Crippen LogP contribution in [0.15, 0.2) is 40.5 Å². The smallest absolute Gasteiger partial charge is 0.307 e. The van der Waals surface area contributed by atoms with Crippen molar-refractivity contribution < 1.29 is 9.90 Å². The Morgan fingerprint density at radius 3 is 2.67 bits per heavy atom. The number of rotatable bonds is 4. The molecule has 0 saturated carbocycles. The maximum absolute atomic E-state index is 10.7. The van der Waals surface area contributed by atoms with Crippen LogP contribution in [0.5, 0.6) is 0 Å². The first-order chi connectivity index (χ1) is 10.2. The molecule has 1 heterocycles. The normalized spacial score (nSPS) is 13.7. The number of hydrogen-bond acceptors (Lipinski definition) is 4. The molecule has 0 bridgehead atoms. The van der Waals surface area contributed by atoms with Crippen molar-refractivity contribution in [1.82, 2.24) is 9.97 Å². The maximum atomic E-state index is 10.7. The molecule has 3 rings (SSSR count). The van der Waals surface area contributed by atoms with Crippen molar-refractivity contribution in [2.75, 3.05) is 0 Å². The number of benzene rings is 1. The van der Waals surface area contributed by atoms with Gasteiger partial charge in [0.25, 0.3) is 0 Å². The number of aromatic nitrogens is 2. The van der Waals surface area contributed by atoms with Gasteiger partial charge >= 0.3 is 5.97 Å². The Morgan fingerprint density at radius 1 is 1.14 bits per heavy atom. The lowest BCUT2D eigenvalue weighted by atomic mass is 9.98. The minimum Gasteiger partial charge on any atom is -0.481 e. The first-order valence-corrected chi connectivity index (χ1v) is 7.85. The summed E-state index contributed by atoms with van der Waals surface area (Å²) >= 11 is 1.63. The third-order valence-corrected chi connectivity index (χ3v) is 4.63. The second-order valence-corrected chi connectivity index (χ2v) is 6.19. The Labute approximate surface area is 127 Å². The molecule has 0 unspecified atom stereocenters. The third-order valence-electron chi connectivity index (χ3n) is 3.58. The van der Waals surface area contributed by atoms with Gasteiger partial charge in [-0.25, -0.2) is 9.97 Å². The molecule has 21 heavy (non-hydrogen) atoms. The maximum Gasteiger partial charge on any atom is 0.307 e. The first-order valence-electron chi connectivity index (χ1n) is 7.04. The largest absolute Gasteiger partial charge is 0.481 e. The Morgan fingerprint density at radius 2 is 1.90 bits per heavy atom. The lowest BCUT2D eigenvalue weighted by molar-refractivity contribution is -0.136. The summed E-state index contributed by atoms with van der Waals surface area (Å²) in [5.41, 5.74) is 3.28. The lowest BCUT2D eigenvalue weighted by Gasteiger charge is -2.16. The predicted molar refractivity (Wildman–Crippen MR) is 80.6 cm³/mol. The van der Waals surface area contributed by atoms with E-state index < -0.39 is 5.97 Å². The molecule has 5 heteroatoms. The highest BCUT2D eigenvalue weighted by Crippen LogP contribution is 2.32. The Hall–Kier alpha value is -1.88. The third kappa shape index (κ3) is 3.42. The lowest BCUT2D eigenvalue weighted by Crippen LogP contribution is -2.07. The van der Waals surface area contributed by atoms with E-state index in [1.807, 2.05) is 24.3 Å². The van der Waals surface area contributed by atoms with Gasteiger partial charge in [-0.1, -0.05) is 23.9 Å². The number of hydrogen-bond donors (Lipinski definition) is 1. The molecule has 0 radical (unpaired) electrons. The summed E-state index contributed by atoms with van der Waals surface area (Å²) in [7, 11) is 0. The van der Waals surface area contributed by atoms with Crippen molar-refractivity contribution in [2.45, 2.75) is 42.0 Å². The van der Waals surface area contributed by atoms with E-state index in [9.17, 15) is 4.79 Å². The summed E-state index contributed by atoms with van der Waals surface area (Å²) in [5.74, 6) is -0.805. The van der Waals surface area contributed by atoms with E-state index in [0.29, 0.717) is 0 Å². The van der Waals surface area contributed by atoms with Gasteiger partial charge in [0.15, 0.2) is 0 Å². The molecule has 1 aliphatic carbocycles. The van der Waals surface area contributed by atoms with Gasteiger partial charge in [-0.05, 0) is 43.4 Å². The van der Waals surface area contributed by atoms with Gasteiger partial charge in [-0.3, -0.25) is 4.79 Å². The second kappa shape index (κ2) is 6.26. The molecule has 1 aromatic carbocycles. The molecule has 0 amide bonds. The van der Waals surface area contributed by atoms with Gasteiger partial charge in [0.1, 0.15) is 11.4 Å². The van der Waals surface area contributed by atoms with E-state index in [-0.39, 0.29) is 6.42 Å². The van der Waals surface area contributed by atoms with Crippen LogP contribution in [-0.4, -0.2) is 21.0 Å². The Bertz CT molecular complexity index is 656. The van der Waals surface area contributed by atoms with Crippen LogP contribution in [0.4, 0.5) is 0 Å². The number of carboxylic acid groups (broad SMARTS) is 1. The zero-order valence-corrected chi connectivity index (χ0v) is 12.4. The number of carboxylic acids is 1. The van der Waals surface area contributed by atoms with Gasteiger partial charge in [0.2, 0.25) is 0 Å². The molecule has 0 aliphatic heterocycles. The van der Waals surface area contributed by atoms with Crippen LogP contribution in [0, 0.1) is 0 Å². The average Bonchev–Trinajstić information content (AvgIpc) is 2.49. The molecule has 108 valence electrons. The fraction of sp³-hybridized carbons (Fsp3) is 0.312. The molecule has 0 saturated heterocycles. The van der Waals surface area contributed by atoms with E-state index in [2.05, 4.69) is 9.97 Å². The van der Waals surface area contributed by atoms with Crippen molar-refractivity contribution in [3.63, 3.8) is 0 Å². The van der Waals surface area contributed by atoms with Gasteiger partial charge in [-0.15, -0.1) is 0 Å². The number of aliphatic carboxylic acids is 1. The Kier molecular flexibility index (Phi) is 4.20. The molecule has 0 atom stereocenters. The standard InChI is InChI=1S/C16H16N2O2S/c19-15(20)9-11-5-7-12(8-6-11)21-16-13-3-1-2-4-14(13)17-10-18-16/h5-8,10H,1-4,9H2,(H,19,20). The van der Waals surface area contributed by atoms with Crippen molar-refractivity contribution in [3.8, 4) is 0 Å². The minimum absolute atomic E-state index is 0.0633. The summed E-state index contributed by atoms with van der Waals surface area (Å²) < 4.78 is 0. The van der Waals surface area contributed by atoms with Gasteiger partial charge < -0.3 is 5.11 Å². The molecule has 2 aromatic rings. The van der Waals surface area contributed by atoms with E-state index in [1.165, 1.54) is 24.1 Å². The van der Waals surface area contributed by atoms with Crippen LogP contribution >= 0.6 is 11.8 Å². The molecule has 1 N–H and O–H groups in total. The van der Waals surface area contributed by atoms with Gasteiger partial charge in [-0.2, -0.15) is 0 Å². The average molecular weight is 300 g/mol. The zero-order chi connectivity index (χ0) is 14.7. The molecule has 4 nitrogen and oxygen atoms in total. The monoisotopic (exact) mass is 300 g/mol. The van der Waals surface area contributed by atoms with Gasteiger partial charge in [0.05, 0.1) is 6.42 Å². The summed E-state index contributed by atoms with van der Waals surface area (Å²) in [6, 6.07) is 7.65. The number of aryl methyl sites for hydroxylation is 1. The van der Waals surface area contributed by atoms with Crippen LogP contribution in [-0.2, 0) is 24.1 Å². The van der Waals surface area contributed by atoms with E-state index in [4.69, 9.17) is 5.11 Å². The number of fused-ring (bicyclic) bond motifs is 1. The quantitative estimate of drug-likeness (QED) is 0.879. The topological polar surface area (TPSA) is 63.1 Å². The minimum atomic E-state index is -0.805. The molecule has 0 spiro atoms. The highest BCUT2D eigenvalue weighted by molar-refractivity contribution is 7.99. The molecule has 1 aromatic heterocycles. The summed E-state index contributed by atoms with van der Waals surface area (Å²) in [4.78, 5) is 20.6. The van der Waals surface area contributed by atoms with Crippen LogP contribution in [0.3, 0.4) is 0 Å². The summed E-state index contributed by atoms with van der Waals surface area (Å²) in [6.45, 7) is 0.